The van der Waals surface area contributed by atoms with Gasteiger partial charge in [-0.05, 0) is 37.6 Å². The Morgan fingerprint density at radius 1 is 0.778 bits per heavy atom. The van der Waals surface area contributed by atoms with E-state index in [9.17, 15) is 0 Å². The Hall–Kier alpha value is -1.39. The van der Waals surface area contributed by atoms with Crippen molar-refractivity contribution in [3.63, 3.8) is 0 Å². The molecule has 95 valence electrons. The lowest BCUT2D eigenvalue weighted by atomic mass is 10.3. The molecule has 0 spiro atoms. The van der Waals surface area contributed by atoms with E-state index in [0.717, 1.165) is 5.69 Å². The molecule has 0 amide bonds. The van der Waals surface area contributed by atoms with Gasteiger partial charge in [-0.25, -0.2) is 0 Å². The van der Waals surface area contributed by atoms with E-state index in [1.165, 1.54) is 11.9 Å². The first-order chi connectivity index (χ1) is 8.33. The monoisotopic (exact) mass is 259 g/mol. The lowest BCUT2D eigenvalue weighted by molar-refractivity contribution is 1.47. The fraction of sp³-hybridized carbons (Fsp3) is 0.143. The molecule has 0 fully saturated rings. The van der Waals surface area contributed by atoms with Crippen LogP contribution < -0.4 is 11.5 Å². The molecular weight excluding hydrogens is 239 g/mol. The first-order valence-corrected chi connectivity index (χ1v) is 6.52. The van der Waals surface area contributed by atoms with Gasteiger partial charge in [0.05, 0.1) is 0 Å². The molecule has 0 aliphatic heterocycles. The third-order valence-corrected chi connectivity index (χ3v) is 2.52. The zero-order valence-electron chi connectivity index (χ0n) is 10.9. The van der Waals surface area contributed by atoms with Crippen LogP contribution in [-0.4, -0.2) is 21.7 Å². The highest BCUT2D eigenvalue weighted by atomic mass is 32.2. The predicted molar refractivity (Wildman–Crippen MR) is 84.9 cm³/mol. The van der Waals surface area contributed by atoms with Crippen molar-refractivity contribution in [2.24, 2.45) is 5.73 Å². The van der Waals surface area contributed by atoms with Crippen molar-refractivity contribution in [3.8, 4) is 0 Å². The van der Waals surface area contributed by atoms with E-state index in [-0.39, 0.29) is 8.41 Å². The van der Waals surface area contributed by atoms with Crippen LogP contribution in [0.4, 0.5) is 5.69 Å². The second kappa shape index (κ2) is 13.7. The molecule has 2 rings (SSSR count). The van der Waals surface area contributed by atoms with Gasteiger partial charge in [-0.3, -0.25) is 0 Å². The van der Waals surface area contributed by atoms with Gasteiger partial charge in [0.25, 0.3) is 0 Å². The van der Waals surface area contributed by atoms with Gasteiger partial charge in [0.15, 0.2) is 0 Å². The normalized spacial score (nSPS) is 7.72. The van der Waals surface area contributed by atoms with E-state index in [4.69, 9.17) is 5.73 Å². The molecule has 0 saturated carbocycles. The molecule has 2 aromatic rings. The largest absolute Gasteiger partial charge is 0.399 e. The quantitative estimate of drug-likeness (QED) is 0.470. The number of nitrogen functional groups attached to an aromatic ring is 1. The number of anilines is 1. The van der Waals surface area contributed by atoms with Crippen LogP contribution in [0.15, 0.2) is 65.6 Å². The molecule has 0 heterocycles. The molecule has 0 atom stereocenters. The highest BCUT2D eigenvalue weighted by Crippen LogP contribution is 2.11. The Bertz CT molecular complexity index is 368. The van der Waals surface area contributed by atoms with E-state index >= 15 is 0 Å². The average Bonchev–Trinajstić information content (AvgIpc) is 2.43. The zero-order valence-corrected chi connectivity index (χ0v) is 11.7. The first kappa shape index (κ1) is 19.0. The minimum Gasteiger partial charge on any atom is -0.399 e. The lowest BCUT2D eigenvalue weighted by Crippen LogP contribution is -1.79. The number of thioether (sulfide) groups is 1. The Labute approximate surface area is 116 Å². The number of nitrogens with two attached hydrogens (primary N) is 2. The predicted octanol–water partition coefficient (Wildman–Crippen LogP) is 2.87. The average molecular weight is 259 g/mol. The van der Waals surface area contributed by atoms with Gasteiger partial charge in [-0.2, -0.15) is 0 Å². The van der Waals surface area contributed by atoms with E-state index in [2.05, 4.69) is 24.1 Å². The van der Waals surface area contributed by atoms with Gasteiger partial charge in [-0.1, -0.05) is 36.4 Å². The molecule has 4 N–H and O–H groups in total. The molecule has 2 nitrogen and oxygen atoms in total. The maximum atomic E-state index is 5.36. The van der Waals surface area contributed by atoms with Crippen LogP contribution in [0.3, 0.4) is 0 Å². The molecule has 2 aromatic carbocycles. The SMILES string of the molecule is CN.CSc1ccccc1.Nc1ccccc1.[B]. The van der Waals surface area contributed by atoms with Crippen molar-refractivity contribution in [1.29, 1.82) is 0 Å². The van der Waals surface area contributed by atoms with Crippen LogP contribution >= 0.6 is 11.8 Å². The smallest absolute Gasteiger partial charge is 0.0313 e. The maximum Gasteiger partial charge on any atom is 0.0313 e. The molecule has 3 radical (unpaired) electrons. The van der Waals surface area contributed by atoms with Crippen LogP contribution in [0.1, 0.15) is 0 Å². The summed E-state index contributed by atoms with van der Waals surface area (Å²) in [5, 5.41) is 0. The molecule has 0 unspecified atom stereocenters. The summed E-state index contributed by atoms with van der Waals surface area (Å²) in [7, 11) is 1.50. The van der Waals surface area contributed by atoms with Gasteiger partial charge < -0.3 is 11.5 Å². The van der Waals surface area contributed by atoms with Crippen molar-refractivity contribution in [2.45, 2.75) is 4.90 Å². The molecular formula is C14H20BN2S. The molecule has 0 bridgehead atoms. The topological polar surface area (TPSA) is 52.0 Å². The molecule has 0 saturated heterocycles. The van der Waals surface area contributed by atoms with Crippen molar-refractivity contribution >= 4 is 25.9 Å². The number of hydrogen-bond acceptors (Lipinski definition) is 3. The first-order valence-electron chi connectivity index (χ1n) is 5.30. The van der Waals surface area contributed by atoms with Crippen LogP contribution in [0.5, 0.6) is 0 Å². The van der Waals surface area contributed by atoms with E-state index in [1.54, 1.807) is 11.8 Å². The zero-order chi connectivity index (χ0) is 12.9. The summed E-state index contributed by atoms with van der Waals surface area (Å²) in [4.78, 5) is 1.33. The summed E-state index contributed by atoms with van der Waals surface area (Å²) in [6.07, 6.45) is 2.08. The Morgan fingerprint density at radius 3 is 1.39 bits per heavy atom. The van der Waals surface area contributed by atoms with Crippen molar-refractivity contribution in [3.05, 3.63) is 60.7 Å². The summed E-state index contributed by atoms with van der Waals surface area (Å²) < 4.78 is 0. The second-order valence-electron chi connectivity index (χ2n) is 2.93. The van der Waals surface area contributed by atoms with Crippen molar-refractivity contribution < 1.29 is 0 Å². The van der Waals surface area contributed by atoms with E-state index < -0.39 is 0 Å². The summed E-state index contributed by atoms with van der Waals surface area (Å²) in [5.41, 5.74) is 10.7. The fourth-order valence-corrected chi connectivity index (χ4v) is 1.44. The highest BCUT2D eigenvalue weighted by Gasteiger charge is 1.80. The van der Waals surface area contributed by atoms with Crippen molar-refractivity contribution in [1.82, 2.24) is 0 Å². The molecule has 0 aromatic heterocycles. The highest BCUT2D eigenvalue weighted by molar-refractivity contribution is 7.98. The van der Waals surface area contributed by atoms with Crippen LogP contribution in [0.25, 0.3) is 0 Å². The summed E-state index contributed by atoms with van der Waals surface area (Å²) >= 11 is 1.77. The summed E-state index contributed by atoms with van der Waals surface area (Å²) in [6, 6.07) is 19.8. The summed E-state index contributed by atoms with van der Waals surface area (Å²) in [5.74, 6) is 0. The Morgan fingerprint density at radius 2 is 1.17 bits per heavy atom. The number of hydrogen-bond donors (Lipinski definition) is 2. The minimum atomic E-state index is 0. The van der Waals surface area contributed by atoms with E-state index in [1.807, 2.05) is 48.5 Å². The van der Waals surface area contributed by atoms with Gasteiger partial charge in [0, 0.05) is 19.0 Å². The van der Waals surface area contributed by atoms with Crippen LogP contribution in [-0.2, 0) is 0 Å². The third kappa shape index (κ3) is 9.81. The van der Waals surface area contributed by atoms with Crippen LogP contribution in [0, 0.1) is 0 Å². The van der Waals surface area contributed by atoms with Crippen molar-refractivity contribution in [2.75, 3.05) is 19.0 Å². The van der Waals surface area contributed by atoms with Gasteiger partial charge in [0.1, 0.15) is 0 Å². The van der Waals surface area contributed by atoms with Gasteiger partial charge >= 0.3 is 0 Å². The second-order valence-corrected chi connectivity index (χ2v) is 3.81. The summed E-state index contributed by atoms with van der Waals surface area (Å²) in [6.45, 7) is 0. The fourth-order valence-electron chi connectivity index (χ4n) is 1.01. The number of para-hydroxylation sites is 1. The minimum absolute atomic E-state index is 0. The lowest BCUT2D eigenvalue weighted by Gasteiger charge is -1.89. The number of benzene rings is 2. The standard InChI is InChI=1S/C7H8S.C6H7N.CH5N.B/c1-8-7-5-3-2-4-6-7;7-6-4-2-1-3-5-6;1-2;/h2-6H,1H3;1-5H,7H2;2H2,1H3;. The third-order valence-electron chi connectivity index (χ3n) is 1.78. The molecule has 4 heteroatoms. The molecule has 18 heavy (non-hydrogen) atoms. The van der Waals surface area contributed by atoms with Crippen LogP contribution in [0.2, 0.25) is 0 Å². The Kier molecular flexibility index (Phi) is 14.4. The van der Waals surface area contributed by atoms with E-state index in [0.29, 0.717) is 0 Å². The molecule has 0 aliphatic rings. The number of rotatable bonds is 1. The van der Waals surface area contributed by atoms with Gasteiger partial charge in [0.2, 0.25) is 0 Å². The molecule has 0 aliphatic carbocycles. The van der Waals surface area contributed by atoms with Gasteiger partial charge in [-0.15, -0.1) is 11.8 Å². The Balaban J connectivity index is 0. The maximum absolute atomic E-state index is 5.36.